The van der Waals surface area contributed by atoms with Crippen molar-refractivity contribution in [2.24, 2.45) is 4.99 Å². The molecule has 20 heavy (non-hydrogen) atoms. The minimum atomic E-state index is -0.210. The molecule has 0 bridgehead atoms. The number of nitrogens with zero attached hydrogens (tertiary/aromatic N) is 2. The van der Waals surface area contributed by atoms with Gasteiger partial charge in [0.05, 0.1) is 19.6 Å². The lowest BCUT2D eigenvalue weighted by Crippen LogP contribution is -2.47. The van der Waals surface area contributed by atoms with E-state index in [0.717, 1.165) is 38.5 Å². The second-order valence-electron chi connectivity index (χ2n) is 4.44. The molecule has 6 nitrogen and oxygen atoms in total. The molecule has 1 aliphatic rings. The fourth-order valence-corrected chi connectivity index (χ4v) is 2.18. The minimum Gasteiger partial charge on any atom is -0.469 e. The summed E-state index contributed by atoms with van der Waals surface area (Å²) in [5.74, 6) is 0.636. The summed E-state index contributed by atoms with van der Waals surface area (Å²) in [6.07, 6.45) is 2.76. The molecule has 1 N–H and O–H groups in total. The Morgan fingerprint density at radius 2 is 2.05 bits per heavy atom. The van der Waals surface area contributed by atoms with Crippen LogP contribution in [0.2, 0.25) is 0 Å². The molecule has 118 valence electrons. The van der Waals surface area contributed by atoms with Crippen molar-refractivity contribution in [3.8, 4) is 0 Å². The molecule has 0 amide bonds. The average molecular weight is 399 g/mol. The predicted molar refractivity (Wildman–Crippen MR) is 89.6 cm³/mol. The lowest BCUT2D eigenvalue weighted by atomic mass is 10.1. The molecule has 0 aromatic rings. The zero-order chi connectivity index (χ0) is 14.1. The van der Waals surface area contributed by atoms with Crippen LogP contribution >= 0.6 is 24.0 Å². The Kier molecular flexibility index (Phi) is 10.8. The molecule has 1 aliphatic heterocycles. The monoisotopic (exact) mass is 399 g/mol. The molecule has 1 rings (SSSR count). The molecule has 1 heterocycles. The summed E-state index contributed by atoms with van der Waals surface area (Å²) < 4.78 is 10.2. The second kappa shape index (κ2) is 11.1. The molecule has 0 atom stereocenters. The highest BCUT2D eigenvalue weighted by molar-refractivity contribution is 14.0. The largest absolute Gasteiger partial charge is 0.469 e. The van der Waals surface area contributed by atoms with E-state index >= 15 is 0 Å². The van der Waals surface area contributed by atoms with Crippen molar-refractivity contribution in [1.82, 2.24) is 10.2 Å². The first-order valence-electron chi connectivity index (χ1n) is 6.85. The Morgan fingerprint density at radius 1 is 1.40 bits per heavy atom. The minimum absolute atomic E-state index is 0. The van der Waals surface area contributed by atoms with Crippen molar-refractivity contribution in [2.75, 3.05) is 40.4 Å². The van der Waals surface area contributed by atoms with Crippen LogP contribution in [0.3, 0.4) is 0 Å². The first-order chi connectivity index (χ1) is 9.21. The highest BCUT2D eigenvalue weighted by Crippen LogP contribution is 2.13. The van der Waals surface area contributed by atoms with E-state index in [1.807, 2.05) is 6.92 Å². The van der Waals surface area contributed by atoms with E-state index in [2.05, 4.69) is 19.9 Å². The summed E-state index contributed by atoms with van der Waals surface area (Å²) in [6.45, 7) is 5.21. The molecule has 1 saturated heterocycles. The van der Waals surface area contributed by atoms with Gasteiger partial charge in [0.1, 0.15) is 0 Å². The topological polar surface area (TPSA) is 63.2 Å². The molecule has 0 spiro atoms. The van der Waals surface area contributed by atoms with E-state index in [1.54, 1.807) is 7.05 Å². The van der Waals surface area contributed by atoms with Gasteiger partial charge in [0.15, 0.2) is 5.96 Å². The molecule has 0 radical (unpaired) electrons. The van der Waals surface area contributed by atoms with Gasteiger partial charge in [0.2, 0.25) is 0 Å². The number of hydrogen-bond acceptors (Lipinski definition) is 4. The van der Waals surface area contributed by atoms with Gasteiger partial charge in [-0.05, 0) is 19.8 Å². The Bertz CT molecular complexity index is 305. The van der Waals surface area contributed by atoms with Gasteiger partial charge in [-0.3, -0.25) is 9.79 Å². The van der Waals surface area contributed by atoms with Gasteiger partial charge in [-0.25, -0.2) is 0 Å². The maximum Gasteiger partial charge on any atom is 0.307 e. The first kappa shape index (κ1) is 19.4. The van der Waals surface area contributed by atoms with Crippen LogP contribution < -0.4 is 5.32 Å². The molecule has 1 fully saturated rings. The van der Waals surface area contributed by atoms with Gasteiger partial charge in [0.25, 0.3) is 0 Å². The molecular formula is C13H26IN3O3. The van der Waals surface area contributed by atoms with Gasteiger partial charge in [-0.2, -0.15) is 0 Å². The van der Waals surface area contributed by atoms with Crippen LogP contribution in [0.4, 0.5) is 0 Å². The van der Waals surface area contributed by atoms with E-state index in [1.165, 1.54) is 7.11 Å². The summed E-state index contributed by atoms with van der Waals surface area (Å²) >= 11 is 0. The number of methoxy groups -OCH3 is 1. The zero-order valence-electron chi connectivity index (χ0n) is 12.6. The second-order valence-corrected chi connectivity index (χ2v) is 4.44. The number of likely N-dealkylation sites (tertiary alicyclic amines) is 1. The maximum absolute atomic E-state index is 11.0. The Labute approximate surface area is 138 Å². The number of esters is 1. The third-order valence-electron chi connectivity index (χ3n) is 3.20. The Balaban J connectivity index is 0.00000361. The lowest BCUT2D eigenvalue weighted by molar-refractivity contribution is -0.140. The number of guanidine groups is 1. The number of carbonyl (C=O) groups excluding carboxylic acids is 1. The summed E-state index contributed by atoms with van der Waals surface area (Å²) in [7, 11) is 3.16. The number of ether oxygens (including phenoxy) is 2. The van der Waals surface area contributed by atoms with E-state index in [0.29, 0.717) is 19.1 Å². The fraction of sp³-hybridized carbons (Fsp3) is 0.846. The van der Waals surface area contributed by atoms with Crippen molar-refractivity contribution in [2.45, 2.75) is 32.3 Å². The third-order valence-corrected chi connectivity index (χ3v) is 3.20. The molecule has 7 heteroatoms. The first-order valence-corrected chi connectivity index (χ1v) is 6.85. The summed E-state index contributed by atoms with van der Waals surface area (Å²) in [4.78, 5) is 17.5. The van der Waals surface area contributed by atoms with Crippen molar-refractivity contribution < 1.29 is 14.3 Å². The Morgan fingerprint density at radius 3 is 2.55 bits per heavy atom. The summed E-state index contributed by atoms with van der Waals surface area (Å²) in [6, 6.07) is 0. The quantitative estimate of drug-likeness (QED) is 0.326. The van der Waals surface area contributed by atoms with Crippen LogP contribution in [0, 0.1) is 0 Å². The third kappa shape index (κ3) is 6.74. The zero-order valence-corrected chi connectivity index (χ0v) is 14.9. The van der Waals surface area contributed by atoms with E-state index in [4.69, 9.17) is 4.74 Å². The molecule has 0 aromatic heterocycles. The van der Waals surface area contributed by atoms with E-state index < -0.39 is 0 Å². The van der Waals surface area contributed by atoms with Gasteiger partial charge in [-0.15, -0.1) is 24.0 Å². The van der Waals surface area contributed by atoms with Crippen LogP contribution in [0.25, 0.3) is 0 Å². The van der Waals surface area contributed by atoms with E-state index in [-0.39, 0.29) is 29.9 Å². The number of piperidine rings is 1. The highest BCUT2D eigenvalue weighted by Gasteiger charge is 2.21. The van der Waals surface area contributed by atoms with Crippen molar-refractivity contribution in [3.05, 3.63) is 0 Å². The fourth-order valence-electron chi connectivity index (χ4n) is 2.18. The standard InChI is InChI=1S/C13H25N3O3.HI/c1-4-19-11-6-9-16(10-7-11)13(14-2)15-8-5-12(17)18-3;/h11H,4-10H2,1-3H3,(H,14,15);1H. The predicted octanol–water partition coefficient (Wildman–Crippen LogP) is 1.24. The van der Waals surface area contributed by atoms with Crippen LogP contribution in [-0.4, -0.2) is 63.3 Å². The van der Waals surface area contributed by atoms with Crippen molar-refractivity contribution in [3.63, 3.8) is 0 Å². The molecular weight excluding hydrogens is 373 g/mol. The van der Waals surface area contributed by atoms with Crippen LogP contribution in [-0.2, 0) is 14.3 Å². The number of hydrogen-bond donors (Lipinski definition) is 1. The SMILES string of the molecule is CCOC1CCN(C(=NC)NCCC(=O)OC)CC1.I. The molecule has 0 aliphatic carbocycles. The lowest BCUT2D eigenvalue weighted by Gasteiger charge is -2.34. The Hall–Kier alpha value is -0.570. The van der Waals surface area contributed by atoms with Gasteiger partial charge in [-0.1, -0.05) is 0 Å². The van der Waals surface area contributed by atoms with Gasteiger partial charge < -0.3 is 19.7 Å². The van der Waals surface area contributed by atoms with Gasteiger partial charge in [0, 0.05) is 33.3 Å². The summed E-state index contributed by atoms with van der Waals surface area (Å²) in [5.41, 5.74) is 0. The maximum atomic E-state index is 11.0. The molecule has 0 unspecified atom stereocenters. The van der Waals surface area contributed by atoms with Crippen LogP contribution in [0.5, 0.6) is 0 Å². The van der Waals surface area contributed by atoms with Crippen molar-refractivity contribution in [1.29, 1.82) is 0 Å². The number of rotatable bonds is 5. The van der Waals surface area contributed by atoms with Crippen LogP contribution in [0.15, 0.2) is 4.99 Å². The number of halogens is 1. The average Bonchev–Trinajstić information content (AvgIpc) is 2.45. The van der Waals surface area contributed by atoms with Crippen molar-refractivity contribution >= 4 is 35.9 Å². The van der Waals surface area contributed by atoms with Crippen LogP contribution in [0.1, 0.15) is 26.2 Å². The molecule has 0 saturated carbocycles. The highest BCUT2D eigenvalue weighted by atomic mass is 127. The molecule has 0 aromatic carbocycles. The summed E-state index contributed by atoms with van der Waals surface area (Å²) in [5, 5.41) is 3.19. The van der Waals surface area contributed by atoms with E-state index in [9.17, 15) is 4.79 Å². The number of nitrogens with one attached hydrogen (secondary N) is 1. The number of aliphatic imine (C=N–C) groups is 1. The smallest absolute Gasteiger partial charge is 0.307 e. The van der Waals surface area contributed by atoms with Gasteiger partial charge >= 0.3 is 5.97 Å². The number of carbonyl (C=O) groups is 1. The normalized spacial score (nSPS) is 16.6.